The summed E-state index contributed by atoms with van der Waals surface area (Å²) >= 11 is 0. The molecule has 0 rings (SSSR count). The normalized spacial score (nSPS) is 14.0. The van der Waals surface area contributed by atoms with E-state index in [1.807, 2.05) is 0 Å². The summed E-state index contributed by atoms with van der Waals surface area (Å²) in [4.78, 5) is 72.9. The minimum Gasteiger partial charge on any atom is -0.462 e. The molecule has 0 aromatic heterocycles. The van der Waals surface area contributed by atoms with Crippen LogP contribution in [0.2, 0.25) is 0 Å². The van der Waals surface area contributed by atoms with E-state index in [4.69, 9.17) is 37.0 Å². The van der Waals surface area contributed by atoms with Crippen molar-refractivity contribution < 1.29 is 80.2 Å². The summed E-state index contributed by atoms with van der Waals surface area (Å²) in [6.45, 7) is 9.62. The molecule has 0 aliphatic rings. The van der Waals surface area contributed by atoms with E-state index in [1.165, 1.54) is 225 Å². The molecule has 0 spiro atoms. The van der Waals surface area contributed by atoms with Gasteiger partial charge >= 0.3 is 39.5 Å². The smallest absolute Gasteiger partial charge is 0.462 e. The number of hydrogen-bond donors (Lipinski definition) is 3. The molecule has 0 aromatic carbocycles. The third kappa shape index (κ3) is 72.2. The molecule has 0 heterocycles. The highest BCUT2D eigenvalue weighted by molar-refractivity contribution is 7.47. The quantitative estimate of drug-likeness (QED) is 0.0222. The molecule has 0 bridgehead atoms. The second-order valence-corrected chi connectivity index (χ2v) is 32.0. The van der Waals surface area contributed by atoms with Crippen LogP contribution in [0.3, 0.4) is 0 Å². The topological polar surface area (TPSA) is 237 Å². The van der Waals surface area contributed by atoms with Gasteiger partial charge in [-0.3, -0.25) is 37.3 Å². The maximum atomic E-state index is 13.1. The van der Waals surface area contributed by atoms with Gasteiger partial charge in [-0.05, 0) is 37.5 Å². The Labute approximate surface area is 594 Å². The largest absolute Gasteiger partial charge is 0.472 e. The fraction of sp³-hybridized carbons (Fsp3) is 0.949. The highest BCUT2D eigenvalue weighted by atomic mass is 31.2. The Balaban J connectivity index is 5.26. The lowest BCUT2D eigenvalue weighted by molar-refractivity contribution is -0.161. The number of rotatable bonds is 77. The molecule has 576 valence electrons. The van der Waals surface area contributed by atoms with Crippen molar-refractivity contribution in [2.75, 3.05) is 39.6 Å². The van der Waals surface area contributed by atoms with Crippen LogP contribution in [0.15, 0.2) is 0 Å². The van der Waals surface area contributed by atoms with Crippen LogP contribution in [-0.4, -0.2) is 96.7 Å². The van der Waals surface area contributed by atoms with Crippen LogP contribution in [0.4, 0.5) is 0 Å². The Bertz CT molecular complexity index is 1870. The second kappa shape index (κ2) is 69.8. The maximum Gasteiger partial charge on any atom is 0.472 e. The van der Waals surface area contributed by atoms with E-state index in [0.29, 0.717) is 25.7 Å². The first kappa shape index (κ1) is 95.1. The van der Waals surface area contributed by atoms with Gasteiger partial charge in [0.05, 0.1) is 26.4 Å². The third-order valence-electron chi connectivity index (χ3n) is 18.2. The predicted molar refractivity (Wildman–Crippen MR) is 395 cm³/mol. The van der Waals surface area contributed by atoms with E-state index < -0.39 is 97.5 Å². The minimum absolute atomic E-state index is 0.106. The summed E-state index contributed by atoms with van der Waals surface area (Å²) in [7, 11) is -9.92. The lowest BCUT2D eigenvalue weighted by atomic mass is 10.0. The zero-order valence-electron chi connectivity index (χ0n) is 63.4. The highest BCUT2D eigenvalue weighted by Gasteiger charge is 2.30. The molecule has 0 radical (unpaired) electrons. The van der Waals surface area contributed by atoms with E-state index in [0.717, 1.165) is 102 Å². The number of esters is 4. The van der Waals surface area contributed by atoms with Gasteiger partial charge in [-0.25, -0.2) is 9.13 Å². The SMILES string of the molecule is CCCCCCCCCCCCCCCCCCCC(=O)O[C@H](COC(=O)CCCCCCCCCCCCCC(C)C)COP(=O)(O)OC[C@@H](O)COP(=O)(O)OC[C@@H](COC(=O)CCCCCCCCCCCCCCC)OC(=O)CCCCCCCCCCCCC(C)C. The molecule has 5 atom stereocenters. The predicted octanol–water partition coefficient (Wildman–Crippen LogP) is 23.1. The van der Waals surface area contributed by atoms with Crippen LogP contribution in [-0.2, 0) is 65.4 Å². The second-order valence-electron chi connectivity index (χ2n) is 29.1. The summed E-state index contributed by atoms with van der Waals surface area (Å²) < 4.78 is 68.6. The molecule has 0 saturated heterocycles. The Kier molecular flexibility index (Phi) is 68.4. The molecule has 2 unspecified atom stereocenters. The molecule has 0 aliphatic heterocycles. The Morgan fingerprint density at radius 1 is 0.278 bits per heavy atom. The Morgan fingerprint density at radius 2 is 0.474 bits per heavy atom. The van der Waals surface area contributed by atoms with Gasteiger partial charge in [0.15, 0.2) is 12.2 Å². The standard InChI is InChI=1S/C78H152O17P2/c1-7-9-11-13-15-17-19-21-22-23-24-26-30-38-44-50-56-62-77(82)94-73(66-89-76(81)61-55-49-43-37-31-27-28-34-40-46-52-58-70(3)4)68-92-96(84,85)90-64-72(79)65-91-97(86,87)93-69-74(95-78(83)63-57-51-45-39-33-32-35-41-47-53-59-71(5)6)67-88-75(80)60-54-48-42-36-29-25-20-18-16-14-12-10-8-2/h70-74,79H,7-69H2,1-6H3,(H,84,85)(H,86,87)/t72-,73-,74-/m1/s1. The average Bonchev–Trinajstić information content (AvgIpc) is 1.02. The Hall–Kier alpha value is -1.94. The van der Waals surface area contributed by atoms with Crippen molar-refractivity contribution in [3.8, 4) is 0 Å². The molecule has 97 heavy (non-hydrogen) atoms. The number of phosphoric ester groups is 2. The van der Waals surface area contributed by atoms with Gasteiger partial charge in [-0.15, -0.1) is 0 Å². The molecule has 3 N–H and O–H groups in total. The van der Waals surface area contributed by atoms with E-state index >= 15 is 0 Å². The van der Waals surface area contributed by atoms with Crippen LogP contribution in [0.5, 0.6) is 0 Å². The first-order valence-corrected chi connectivity index (χ1v) is 43.5. The maximum absolute atomic E-state index is 13.1. The van der Waals surface area contributed by atoms with Gasteiger partial charge < -0.3 is 33.8 Å². The lowest BCUT2D eigenvalue weighted by Gasteiger charge is -2.21. The first-order valence-electron chi connectivity index (χ1n) is 40.5. The summed E-state index contributed by atoms with van der Waals surface area (Å²) in [5.41, 5.74) is 0. The third-order valence-corrected chi connectivity index (χ3v) is 20.1. The Morgan fingerprint density at radius 3 is 0.701 bits per heavy atom. The fourth-order valence-corrected chi connectivity index (χ4v) is 13.6. The van der Waals surface area contributed by atoms with Crippen molar-refractivity contribution >= 4 is 39.5 Å². The lowest BCUT2D eigenvalue weighted by Crippen LogP contribution is -2.30. The van der Waals surface area contributed by atoms with Crippen molar-refractivity contribution in [3.63, 3.8) is 0 Å². The molecule has 0 fully saturated rings. The number of hydrogen-bond acceptors (Lipinski definition) is 15. The van der Waals surface area contributed by atoms with Crippen LogP contribution < -0.4 is 0 Å². The molecule has 0 saturated carbocycles. The molecule has 17 nitrogen and oxygen atoms in total. The van der Waals surface area contributed by atoms with Gasteiger partial charge in [0, 0.05) is 25.7 Å². The van der Waals surface area contributed by atoms with Crippen molar-refractivity contribution in [3.05, 3.63) is 0 Å². The average molecular weight is 1420 g/mol. The van der Waals surface area contributed by atoms with Crippen molar-refractivity contribution in [2.45, 2.75) is 426 Å². The van der Waals surface area contributed by atoms with Gasteiger partial charge in [0.1, 0.15) is 19.3 Å². The van der Waals surface area contributed by atoms with Crippen LogP contribution in [0.25, 0.3) is 0 Å². The van der Waals surface area contributed by atoms with E-state index in [1.54, 1.807) is 0 Å². The highest BCUT2D eigenvalue weighted by Crippen LogP contribution is 2.45. The zero-order valence-corrected chi connectivity index (χ0v) is 65.2. The monoisotopic (exact) mass is 1420 g/mol. The van der Waals surface area contributed by atoms with Gasteiger partial charge in [-0.1, -0.05) is 356 Å². The summed E-state index contributed by atoms with van der Waals surface area (Å²) in [5, 5.41) is 10.6. The van der Waals surface area contributed by atoms with Crippen molar-refractivity contribution in [1.82, 2.24) is 0 Å². The number of unbranched alkanes of at least 4 members (excludes halogenated alkanes) is 47. The number of aliphatic hydroxyl groups excluding tert-OH is 1. The van der Waals surface area contributed by atoms with Crippen molar-refractivity contribution in [2.24, 2.45) is 11.8 Å². The number of carbonyl (C=O) groups excluding carboxylic acids is 4. The number of ether oxygens (including phenoxy) is 4. The van der Waals surface area contributed by atoms with E-state index in [2.05, 4.69) is 41.5 Å². The molecular weight excluding hydrogens is 1270 g/mol. The van der Waals surface area contributed by atoms with E-state index in [-0.39, 0.29) is 25.7 Å². The van der Waals surface area contributed by atoms with Crippen LogP contribution in [0, 0.1) is 11.8 Å². The number of carbonyl (C=O) groups is 4. The first-order chi connectivity index (χ1) is 46.9. The van der Waals surface area contributed by atoms with E-state index in [9.17, 15) is 43.2 Å². The molecule has 0 aromatic rings. The van der Waals surface area contributed by atoms with Gasteiger partial charge in [0.2, 0.25) is 0 Å². The molecule has 0 amide bonds. The molecule has 19 heteroatoms. The van der Waals surface area contributed by atoms with Crippen LogP contribution in [0.1, 0.15) is 408 Å². The molecular formula is C78H152O17P2. The van der Waals surface area contributed by atoms with Crippen LogP contribution >= 0.6 is 15.6 Å². The zero-order chi connectivity index (χ0) is 71.4. The van der Waals surface area contributed by atoms with Gasteiger partial charge in [0.25, 0.3) is 0 Å². The number of aliphatic hydroxyl groups is 1. The summed E-state index contributed by atoms with van der Waals surface area (Å²) in [6.07, 6.45) is 58.1. The number of phosphoric acid groups is 2. The molecule has 0 aliphatic carbocycles. The minimum atomic E-state index is -4.96. The summed E-state index contributed by atoms with van der Waals surface area (Å²) in [5.74, 6) is -0.587. The fourth-order valence-electron chi connectivity index (χ4n) is 12.0. The summed E-state index contributed by atoms with van der Waals surface area (Å²) in [6, 6.07) is 0. The van der Waals surface area contributed by atoms with Gasteiger partial charge in [-0.2, -0.15) is 0 Å². The van der Waals surface area contributed by atoms with Crippen molar-refractivity contribution in [1.29, 1.82) is 0 Å².